The van der Waals surface area contributed by atoms with Crippen LogP contribution in [0.1, 0.15) is 55.2 Å². The van der Waals surface area contributed by atoms with E-state index in [4.69, 9.17) is 0 Å². The number of halogens is 6. The Balaban J connectivity index is 1.69. The van der Waals surface area contributed by atoms with Gasteiger partial charge in [0.05, 0.1) is 11.6 Å². The van der Waals surface area contributed by atoms with E-state index in [0.717, 1.165) is 18.2 Å². The van der Waals surface area contributed by atoms with Crippen molar-refractivity contribution in [3.8, 4) is 0 Å². The van der Waals surface area contributed by atoms with Crippen molar-refractivity contribution in [2.24, 2.45) is 5.92 Å². The first-order valence-electron chi connectivity index (χ1n) is 11.4. The zero-order chi connectivity index (χ0) is 26.3. The van der Waals surface area contributed by atoms with Gasteiger partial charge in [0.15, 0.2) is 0 Å². The first-order chi connectivity index (χ1) is 16.8. The molecule has 0 saturated carbocycles. The third-order valence-corrected chi connectivity index (χ3v) is 6.53. The highest BCUT2D eigenvalue weighted by Gasteiger charge is 2.44. The van der Waals surface area contributed by atoms with Crippen LogP contribution in [0.3, 0.4) is 0 Å². The minimum absolute atomic E-state index is 0.180. The second kappa shape index (κ2) is 9.26. The van der Waals surface area contributed by atoms with E-state index in [2.05, 4.69) is 4.98 Å². The Morgan fingerprint density at radius 1 is 0.833 bits per heavy atom. The Morgan fingerprint density at radius 3 is 2.11 bits per heavy atom. The summed E-state index contributed by atoms with van der Waals surface area (Å²) in [7, 11) is 0. The summed E-state index contributed by atoms with van der Waals surface area (Å²) in [5.41, 5.74) is -1.64. The average molecular weight is 506 g/mol. The van der Waals surface area contributed by atoms with E-state index in [1.807, 2.05) is 0 Å². The van der Waals surface area contributed by atoms with Gasteiger partial charge in [0.1, 0.15) is 5.69 Å². The third-order valence-electron chi connectivity index (χ3n) is 6.53. The number of aromatic nitrogens is 1. The molecule has 1 amide bonds. The van der Waals surface area contributed by atoms with Crippen molar-refractivity contribution in [3.05, 3.63) is 95.3 Å². The molecule has 9 heteroatoms. The van der Waals surface area contributed by atoms with Gasteiger partial charge in [0.25, 0.3) is 0 Å². The van der Waals surface area contributed by atoms with Gasteiger partial charge in [-0.2, -0.15) is 26.3 Å². The molecule has 0 unspecified atom stereocenters. The van der Waals surface area contributed by atoms with Crippen LogP contribution in [-0.4, -0.2) is 10.9 Å². The number of benzene rings is 2. The molecular weight excluding hydrogens is 482 g/mol. The highest BCUT2D eigenvalue weighted by atomic mass is 19.4. The number of carbonyl (C=O) groups excluding carboxylic acids is 1. The number of pyridine rings is 1. The van der Waals surface area contributed by atoms with Crippen LogP contribution in [0.4, 0.5) is 32.0 Å². The van der Waals surface area contributed by atoms with Gasteiger partial charge in [0.2, 0.25) is 5.91 Å². The van der Waals surface area contributed by atoms with Crippen LogP contribution in [-0.2, 0) is 22.6 Å². The molecule has 2 aromatic carbocycles. The van der Waals surface area contributed by atoms with Crippen LogP contribution in [0, 0.1) is 5.92 Å². The number of alkyl halides is 6. The number of para-hydroxylation sites is 1. The maximum Gasteiger partial charge on any atom is 0.433 e. The predicted molar refractivity (Wildman–Crippen MR) is 123 cm³/mol. The molecule has 190 valence electrons. The van der Waals surface area contributed by atoms with Gasteiger partial charge < -0.3 is 4.90 Å². The number of nitrogens with zero attached hydrogens (tertiary/aromatic N) is 2. The molecule has 1 aliphatic rings. The number of amides is 1. The van der Waals surface area contributed by atoms with Crippen LogP contribution in [0.2, 0.25) is 0 Å². The normalized spacial score (nSPS) is 19.1. The van der Waals surface area contributed by atoms with E-state index in [-0.39, 0.29) is 24.4 Å². The maximum atomic E-state index is 13.6. The molecule has 2 atom stereocenters. The third kappa shape index (κ3) is 5.24. The molecule has 3 nitrogen and oxygen atoms in total. The fraction of sp³-hybridized carbons (Fsp3) is 0.333. The lowest BCUT2D eigenvalue weighted by Gasteiger charge is -2.27. The Bertz CT molecular complexity index is 1240. The van der Waals surface area contributed by atoms with Gasteiger partial charge in [0, 0.05) is 22.7 Å². The molecule has 1 saturated heterocycles. The van der Waals surface area contributed by atoms with Gasteiger partial charge >= 0.3 is 12.4 Å². The van der Waals surface area contributed by atoms with Gasteiger partial charge in [-0.3, -0.25) is 4.79 Å². The Morgan fingerprint density at radius 2 is 1.47 bits per heavy atom. The highest BCUT2D eigenvalue weighted by molar-refractivity contribution is 5.98. The lowest BCUT2D eigenvalue weighted by atomic mass is 9.78. The van der Waals surface area contributed by atoms with Gasteiger partial charge in [-0.1, -0.05) is 50.2 Å². The summed E-state index contributed by atoms with van der Waals surface area (Å²) in [6.07, 6.45) is -8.74. The van der Waals surface area contributed by atoms with Gasteiger partial charge in [-0.15, -0.1) is 0 Å². The van der Waals surface area contributed by atoms with Crippen molar-refractivity contribution in [2.45, 2.75) is 50.5 Å². The minimum Gasteiger partial charge on any atom is -0.305 e. The molecule has 4 rings (SSSR count). The van der Waals surface area contributed by atoms with E-state index in [1.165, 1.54) is 23.1 Å². The standard InChI is InChI=1S/C27H24F6N2O/c1-25(2,22-12-7-13-23(34-22)27(31,32)33)16-18-15-21(17-8-6-9-19(14-17)26(28,29)30)35(24(18)36)20-10-4-3-5-11-20/h3-14,18,21H,15-16H2,1-2H3/t18-,21+/m0/s1. The molecule has 0 N–H and O–H groups in total. The molecule has 1 aromatic heterocycles. The summed E-state index contributed by atoms with van der Waals surface area (Å²) < 4.78 is 79.8. The number of anilines is 1. The maximum absolute atomic E-state index is 13.6. The van der Waals surface area contributed by atoms with E-state index < -0.39 is 41.0 Å². The number of carbonyl (C=O) groups is 1. The highest BCUT2D eigenvalue weighted by Crippen LogP contribution is 2.45. The Hall–Kier alpha value is -3.36. The molecule has 0 spiro atoms. The van der Waals surface area contributed by atoms with Crippen molar-refractivity contribution in [3.63, 3.8) is 0 Å². The van der Waals surface area contributed by atoms with Crippen molar-refractivity contribution < 1.29 is 31.1 Å². The average Bonchev–Trinajstić information content (AvgIpc) is 3.14. The zero-order valence-electron chi connectivity index (χ0n) is 19.6. The summed E-state index contributed by atoms with van der Waals surface area (Å²) in [6, 6.07) is 16.6. The van der Waals surface area contributed by atoms with Crippen LogP contribution in [0.15, 0.2) is 72.8 Å². The number of hydrogen-bond acceptors (Lipinski definition) is 2. The molecule has 1 aliphatic heterocycles. The number of rotatable bonds is 5. The van der Waals surface area contributed by atoms with E-state index in [0.29, 0.717) is 11.3 Å². The van der Waals surface area contributed by atoms with Gasteiger partial charge in [-0.05, 0) is 54.8 Å². The molecular formula is C27H24F6N2O. The fourth-order valence-corrected chi connectivity index (χ4v) is 4.79. The summed E-state index contributed by atoms with van der Waals surface area (Å²) in [5.74, 6) is -0.917. The van der Waals surface area contributed by atoms with Crippen molar-refractivity contribution in [1.29, 1.82) is 0 Å². The molecule has 3 aromatic rings. The van der Waals surface area contributed by atoms with E-state index >= 15 is 0 Å². The first-order valence-corrected chi connectivity index (χ1v) is 11.4. The van der Waals surface area contributed by atoms with Crippen molar-refractivity contribution in [1.82, 2.24) is 4.98 Å². The van der Waals surface area contributed by atoms with E-state index in [1.54, 1.807) is 50.2 Å². The van der Waals surface area contributed by atoms with Crippen LogP contribution < -0.4 is 4.90 Å². The molecule has 36 heavy (non-hydrogen) atoms. The lowest BCUT2D eigenvalue weighted by Crippen LogP contribution is -2.32. The second-order valence-corrected chi connectivity index (χ2v) is 9.61. The summed E-state index contributed by atoms with van der Waals surface area (Å²) in [5, 5.41) is 0. The van der Waals surface area contributed by atoms with Crippen molar-refractivity contribution in [2.75, 3.05) is 4.90 Å². The zero-order valence-corrected chi connectivity index (χ0v) is 19.6. The molecule has 0 bridgehead atoms. The Labute approximate surface area is 204 Å². The van der Waals surface area contributed by atoms with Crippen LogP contribution in [0.5, 0.6) is 0 Å². The van der Waals surface area contributed by atoms with Crippen molar-refractivity contribution >= 4 is 11.6 Å². The minimum atomic E-state index is -4.60. The predicted octanol–water partition coefficient (Wildman–Crippen LogP) is 7.58. The second-order valence-electron chi connectivity index (χ2n) is 9.61. The monoisotopic (exact) mass is 506 g/mol. The quantitative estimate of drug-likeness (QED) is 0.334. The van der Waals surface area contributed by atoms with Crippen LogP contribution in [0.25, 0.3) is 0 Å². The summed E-state index contributed by atoms with van der Waals surface area (Å²) in [6.45, 7) is 3.43. The first kappa shape index (κ1) is 25.7. The lowest BCUT2D eigenvalue weighted by molar-refractivity contribution is -0.141. The van der Waals surface area contributed by atoms with Crippen LogP contribution >= 0.6 is 0 Å². The molecule has 0 aliphatic carbocycles. The number of hydrogen-bond donors (Lipinski definition) is 0. The summed E-state index contributed by atoms with van der Waals surface area (Å²) in [4.78, 5) is 18.9. The molecule has 0 radical (unpaired) electrons. The topological polar surface area (TPSA) is 33.2 Å². The molecule has 1 fully saturated rings. The summed E-state index contributed by atoms with van der Waals surface area (Å²) >= 11 is 0. The SMILES string of the molecule is CC(C)(C[C@@H]1C[C@H](c2cccc(C(F)(F)F)c2)N(c2ccccc2)C1=O)c1cccc(C(F)(F)F)n1. The smallest absolute Gasteiger partial charge is 0.305 e. The largest absolute Gasteiger partial charge is 0.433 e. The van der Waals surface area contributed by atoms with E-state index in [9.17, 15) is 31.1 Å². The van der Waals surface area contributed by atoms with Gasteiger partial charge in [-0.25, -0.2) is 4.98 Å². The fourth-order valence-electron chi connectivity index (χ4n) is 4.79. The molecule has 2 heterocycles. The Kier molecular flexibility index (Phi) is 6.62.